The van der Waals surface area contributed by atoms with Crippen LogP contribution >= 0.6 is 24.0 Å². The summed E-state index contributed by atoms with van der Waals surface area (Å²) in [5.74, 6) is 1.79. The first-order valence-electron chi connectivity index (χ1n) is 8.18. The lowest BCUT2D eigenvalue weighted by molar-refractivity contribution is 0.281. The van der Waals surface area contributed by atoms with Crippen molar-refractivity contribution in [3.63, 3.8) is 0 Å². The minimum atomic E-state index is 0. The minimum Gasteiger partial charge on any atom is -0.492 e. The number of likely N-dealkylation sites (N-methyl/N-ethyl adjacent to an activating group) is 1. The van der Waals surface area contributed by atoms with Crippen LogP contribution in [0.15, 0.2) is 29.3 Å². The van der Waals surface area contributed by atoms with Gasteiger partial charge in [-0.05, 0) is 39.8 Å². The van der Waals surface area contributed by atoms with Crippen molar-refractivity contribution in [2.45, 2.75) is 33.2 Å². The summed E-state index contributed by atoms with van der Waals surface area (Å²) in [5, 5.41) is 6.80. The predicted molar refractivity (Wildman–Crippen MR) is 114 cm³/mol. The summed E-state index contributed by atoms with van der Waals surface area (Å²) in [7, 11) is 3.82. The number of aryl methyl sites for hydroxylation is 1. The standard InChI is InChI=1S/C18H32N4O.HI/c1-15-7-9-16(10-8-15)23-14-13-22(6)17(19-5)20-11-12-21-18(2,3)4;/h7-10,21H,11-14H2,1-6H3,(H,19,20);1H. The lowest BCUT2D eigenvalue weighted by Gasteiger charge is -2.24. The van der Waals surface area contributed by atoms with Crippen molar-refractivity contribution in [3.05, 3.63) is 29.8 Å². The minimum absolute atomic E-state index is 0. The van der Waals surface area contributed by atoms with Gasteiger partial charge < -0.3 is 20.3 Å². The van der Waals surface area contributed by atoms with Crippen LogP contribution in [0.25, 0.3) is 0 Å². The van der Waals surface area contributed by atoms with Crippen molar-refractivity contribution in [2.75, 3.05) is 40.3 Å². The molecule has 0 saturated carbocycles. The highest BCUT2D eigenvalue weighted by molar-refractivity contribution is 14.0. The molecule has 0 aromatic heterocycles. The van der Waals surface area contributed by atoms with Crippen LogP contribution in [0.3, 0.4) is 0 Å². The predicted octanol–water partition coefficient (Wildman–Crippen LogP) is 2.89. The van der Waals surface area contributed by atoms with E-state index < -0.39 is 0 Å². The van der Waals surface area contributed by atoms with Crippen LogP contribution < -0.4 is 15.4 Å². The Bertz CT molecular complexity index is 483. The number of hydrogen-bond acceptors (Lipinski definition) is 3. The average Bonchev–Trinajstić information content (AvgIpc) is 2.48. The zero-order valence-electron chi connectivity index (χ0n) is 15.8. The largest absolute Gasteiger partial charge is 0.492 e. The molecule has 0 heterocycles. The van der Waals surface area contributed by atoms with Crippen molar-refractivity contribution in [1.82, 2.24) is 15.5 Å². The van der Waals surface area contributed by atoms with Gasteiger partial charge in [0.25, 0.3) is 0 Å². The van der Waals surface area contributed by atoms with Gasteiger partial charge in [0.2, 0.25) is 0 Å². The number of ether oxygens (including phenoxy) is 1. The fraction of sp³-hybridized carbons (Fsp3) is 0.611. The third-order valence-corrected chi connectivity index (χ3v) is 3.35. The van der Waals surface area contributed by atoms with Crippen LogP contribution in [0.5, 0.6) is 5.75 Å². The average molecular weight is 448 g/mol. The Labute approximate surface area is 164 Å². The molecule has 5 nitrogen and oxygen atoms in total. The van der Waals surface area contributed by atoms with E-state index in [-0.39, 0.29) is 29.5 Å². The van der Waals surface area contributed by atoms with Gasteiger partial charge in [-0.2, -0.15) is 0 Å². The van der Waals surface area contributed by atoms with Gasteiger partial charge in [0, 0.05) is 32.7 Å². The van der Waals surface area contributed by atoms with E-state index in [0.29, 0.717) is 6.61 Å². The molecule has 138 valence electrons. The first kappa shape index (κ1) is 23.0. The Morgan fingerprint density at radius 1 is 1.17 bits per heavy atom. The molecule has 2 N–H and O–H groups in total. The van der Waals surface area contributed by atoms with E-state index in [0.717, 1.165) is 31.3 Å². The van der Waals surface area contributed by atoms with Gasteiger partial charge in [-0.25, -0.2) is 0 Å². The second-order valence-corrected chi connectivity index (χ2v) is 6.73. The Kier molecular flexibility index (Phi) is 11.0. The highest BCUT2D eigenvalue weighted by Crippen LogP contribution is 2.11. The molecule has 0 unspecified atom stereocenters. The van der Waals surface area contributed by atoms with Gasteiger partial charge in [0.05, 0.1) is 6.54 Å². The van der Waals surface area contributed by atoms with Gasteiger partial charge in [-0.1, -0.05) is 17.7 Å². The molecule has 1 aromatic rings. The van der Waals surface area contributed by atoms with E-state index in [2.05, 4.69) is 60.4 Å². The number of halogens is 1. The number of nitrogens with zero attached hydrogens (tertiary/aromatic N) is 2. The highest BCUT2D eigenvalue weighted by Gasteiger charge is 2.09. The van der Waals surface area contributed by atoms with E-state index >= 15 is 0 Å². The molecule has 0 bridgehead atoms. The summed E-state index contributed by atoms with van der Waals surface area (Å²) in [6.45, 7) is 11.7. The molecular formula is C18H33IN4O. The molecule has 0 aliphatic rings. The summed E-state index contributed by atoms with van der Waals surface area (Å²) >= 11 is 0. The number of guanidine groups is 1. The van der Waals surface area contributed by atoms with Gasteiger partial charge in [-0.3, -0.25) is 4.99 Å². The fourth-order valence-electron chi connectivity index (χ4n) is 2.04. The maximum absolute atomic E-state index is 5.76. The molecule has 6 heteroatoms. The van der Waals surface area contributed by atoms with E-state index in [9.17, 15) is 0 Å². The molecule has 0 atom stereocenters. The molecule has 0 aliphatic carbocycles. The van der Waals surface area contributed by atoms with Crippen LogP contribution in [0.2, 0.25) is 0 Å². The van der Waals surface area contributed by atoms with Crippen molar-refractivity contribution in [1.29, 1.82) is 0 Å². The lowest BCUT2D eigenvalue weighted by atomic mass is 10.1. The third kappa shape index (κ3) is 9.97. The summed E-state index contributed by atoms with van der Waals surface area (Å²) < 4.78 is 5.76. The molecule has 24 heavy (non-hydrogen) atoms. The SMILES string of the molecule is CN=C(NCCNC(C)(C)C)N(C)CCOc1ccc(C)cc1.I. The molecule has 0 saturated heterocycles. The summed E-state index contributed by atoms with van der Waals surface area (Å²) in [6, 6.07) is 8.12. The molecule has 0 radical (unpaired) electrons. The van der Waals surface area contributed by atoms with Gasteiger partial charge in [-0.15, -0.1) is 24.0 Å². The Hall–Kier alpha value is -1.02. The van der Waals surface area contributed by atoms with Crippen molar-refractivity contribution < 1.29 is 4.74 Å². The fourth-order valence-corrected chi connectivity index (χ4v) is 2.04. The van der Waals surface area contributed by atoms with E-state index in [1.54, 1.807) is 7.05 Å². The van der Waals surface area contributed by atoms with Crippen LogP contribution in [-0.4, -0.2) is 56.7 Å². The summed E-state index contributed by atoms with van der Waals surface area (Å²) in [6.07, 6.45) is 0. The van der Waals surface area contributed by atoms with E-state index in [1.807, 2.05) is 19.2 Å². The quantitative estimate of drug-likeness (QED) is 0.292. The van der Waals surface area contributed by atoms with Crippen LogP contribution in [0.1, 0.15) is 26.3 Å². The molecule has 1 aromatic carbocycles. The number of nitrogens with one attached hydrogen (secondary N) is 2. The maximum atomic E-state index is 5.76. The number of hydrogen-bond donors (Lipinski definition) is 2. The summed E-state index contributed by atoms with van der Waals surface area (Å²) in [5.41, 5.74) is 1.38. The summed E-state index contributed by atoms with van der Waals surface area (Å²) in [4.78, 5) is 6.38. The van der Waals surface area contributed by atoms with Gasteiger partial charge in [0.15, 0.2) is 5.96 Å². The van der Waals surface area contributed by atoms with Gasteiger partial charge >= 0.3 is 0 Å². The van der Waals surface area contributed by atoms with E-state index in [4.69, 9.17) is 4.74 Å². The molecule has 0 aliphatic heterocycles. The highest BCUT2D eigenvalue weighted by atomic mass is 127. The lowest BCUT2D eigenvalue weighted by Crippen LogP contribution is -2.45. The molecule has 0 amide bonds. The first-order valence-corrected chi connectivity index (χ1v) is 8.18. The van der Waals surface area contributed by atoms with E-state index in [1.165, 1.54) is 5.56 Å². The number of rotatable bonds is 7. The van der Waals surface area contributed by atoms with Crippen LogP contribution in [0, 0.1) is 6.92 Å². The zero-order chi connectivity index (χ0) is 17.3. The van der Waals surface area contributed by atoms with Crippen molar-refractivity contribution in [3.8, 4) is 5.75 Å². The third-order valence-electron chi connectivity index (χ3n) is 3.35. The Balaban J connectivity index is 0.00000529. The van der Waals surface area contributed by atoms with Gasteiger partial charge in [0.1, 0.15) is 12.4 Å². The Morgan fingerprint density at radius 3 is 2.33 bits per heavy atom. The Morgan fingerprint density at radius 2 is 1.79 bits per heavy atom. The van der Waals surface area contributed by atoms with Crippen LogP contribution in [0.4, 0.5) is 0 Å². The molecule has 0 spiro atoms. The second kappa shape index (κ2) is 11.5. The zero-order valence-corrected chi connectivity index (χ0v) is 18.2. The molecule has 1 rings (SSSR count). The maximum Gasteiger partial charge on any atom is 0.193 e. The smallest absolute Gasteiger partial charge is 0.193 e. The van der Waals surface area contributed by atoms with Crippen LogP contribution in [-0.2, 0) is 0 Å². The molecular weight excluding hydrogens is 415 g/mol. The number of benzene rings is 1. The second-order valence-electron chi connectivity index (χ2n) is 6.73. The van der Waals surface area contributed by atoms with Crippen molar-refractivity contribution in [2.24, 2.45) is 4.99 Å². The number of aliphatic imine (C=N–C) groups is 1. The monoisotopic (exact) mass is 448 g/mol. The van der Waals surface area contributed by atoms with Crippen molar-refractivity contribution >= 4 is 29.9 Å². The topological polar surface area (TPSA) is 48.9 Å². The normalized spacial score (nSPS) is 11.7. The first-order chi connectivity index (χ1) is 10.8. The molecule has 0 fully saturated rings.